The Hall–Kier alpha value is -1.23. The topological polar surface area (TPSA) is 55.6 Å². The lowest BCUT2D eigenvalue weighted by Gasteiger charge is -2.27. The summed E-state index contributed by atoms with van der Waals surface area (Å²) in [6.07, 6.45) is 0.550. The van der Waals surface area contributed by atoms with E-state index in [2.05, 4.69) is 15.9 Å². The molecule has 1 aromatic carbocycles. The van der Waals surface area contributed by atoms with Crippen LogP contribution in [0.5, 0.6) is 0 Å². The molecule has 0 spiro atoms. The molecule has 1 aliphatic rings. The summed E-state index contributed by atoms with van der Waals surface area (Å²) in [7, 11) is 0. The van der Waals surface area contributed by atoms with Gasteiger partial charge in [-0.2, -0.15) is 0 Å². The van der Waals surface area contributed by atoms with Crippen LogP contribution in [0.25, 0.3) is 0 Å². The number of nitrogens with two attached hydrogens (primary N) is 1. The quantitative estimate of drug-likeness (QED) is 0.798. The third kappa shape index (κ3) is 2.07. The van der Waals surface area contributed by atoms with Gasteiger partial charge >= 0.3 is 6.09 Å². The highest BCUT2D eigenvalue weighted by molar-refractivity contribution is 9.10. The summed E-state index contributed by atoms with van der Waals surface area (Å²) in [6, 6.07) is 5.35. The Labute approximate surface area is 96.1 Å². The molecule has 0 aliphatic carbocycles. The van der Waals surface area contributed by atoms with Crippen LogP contribution in [-0.2, 0) is 4.74 Å². The summed E-state index contributed by atoms with van der Waals surface area (Å²) < 4.78 is 5.77. The Morgan fingerprint density at radius 3 is 2.93 bits per heavy atom. The maximum Gasteiger partial charge on any atom is 0.414 e. The molecule has 1 fully saturated rings. The lowest BCUT2D eigenvalue weighted by Crippen LogP contribution is -2.37. The third-order valence-corrected chi connectivity index (χ3v) is 2.87. The van der Waals surface area contributed by atoms with Crippen LogP contribution in [0.3, 0.4) is 0 Å². The van der Waals surface area contributed by atoms with Crippen LogP contribution in [0.1, 0.15) is 6.42 Å². The molecule has 0 aromatic heterocycles. The maximum absolute atomic E-state index is 11.5. The van der Waals surface area contributed by atoms with Gasteiger partial charge in [0, 0.05) is 16.7 Å². The molecule has 1 heterocycles. The van der Waals surface area contributed by atoms with E-state index in [1.807, 2.05) is 6.07 Å². The first-order valence-electron chi connectivity index (χ1n) is 4.68. The van der Waals surface area contributed by atoms with Gasteiger partial charge in [-0.3, -0.25) is 4.90 Å². The lowest BCUT2D eigenvalue weighted by molar-refractivity contribution is 0.140. The number of amides is 1. The number of hydrogen-bond acceptors (Lipinski definition) is 3. The van der Waals surface area contributed by atoms with Crippen molar-refractivity contribution in [1.82, 2.24) is 0 Å². The molecule has 0 unspecified atom stereocenters. The molecule has 0 saturated carbocycles. The van der Waals surface area contributed by atoms with Gasteiger partial charge in [-0.05, 0) is 40.5 Å². The molecule has 5 heteroatoms. The number of nitrogen functional groups attached to an aromatic ring is 1. The lowest BCUT2D eigenvalue weighted by atomic mass is 10.2. The van der Waals surface area contributed by atoms with Crippen LogP contribution < -0.4 is 10.6 Å². The van der Waals surface area contributed by atoms with E-state index in [4.69, 9.17) is 10.5 Å². The van der Waals surface area contributed by atoms with Crippen LogP contribution in [0, 0.1) is 0 Å². The van der Waals surface area contributed by atoms with Crippen molar-refractivity contribution in [3.05, 3.63) is 22.7 Å². The Morgan fingerprint density at radius 2 is 2.27 bits per heavy atom. The highest BCUT2D eigenvalue weighted by atomic mass is 79.9. The summed E-state index contributed by atoms with van der Waals surface area (Å²) in [5.41, 5.74) is 7.09. The van der Waals surface area contributed by atoms with E-state index in [0.717, 1.165) is 16.6 Å². The minimum Gasteiger partial charge on any atom is -0.449 e. The predicted molar refractivity (Wildman–Crippen MR) is 61.9 cm³/mol. The molecule has 1 amide bonds. The van der Waals surface area contributed by atoms with E-state index in [9.17, 15) is 4.79 Å². The molecule has 0 bridgehead atoms. The first-order chi connectivity index (χ1) is 7.18. The van der Waals surface area contributed by atoms with E-state index in [-0.39, 0.29) is 6.09 Å². The van der Waals surface area contributed by atoms with Gasteiger partial charge in [-0.25, -0.2) is 4.79 Å². The van der Waals surface area contributed by atoms with E-state index in [0.29, 0.717) is 18.8 Å². The highest BCUT2D eigenvalue weighted by Crippen LogP contribution is 2.29. The maximum atomic E-state index is 11.5. The standard InChI is InChI=1S/C10H11BrN2O2/c11-8-6-7(12)2-3-9(8)13-4-1-5-15-10(13)14/h2-3,6H,1,4-5,12H2. The van der Waals surface area contributed by atoms with Crippen molar-refractivity contribution in [2.24, 2.45) is 0 Å². The van der Waals surface area contributed by atoms with E-state index >= 15 is 0 Å². The van der Waals surface area contributed by atoms with E-state index in [1.165, 1.54) is 0 Å². The van der Waals surface area contributed by atoms with Crippen molar-refractivity contribution in [2.45, 2.75) is 6.42 Å². The van der Waals surface area contributed by atoms with Crippen molar-refractivity contribution in [3.63, 3.8) is 0 Å². The first kappa shape index (κ1) is 10.3. The fourth-order valence-corrected chi connectivity index (χ4v) is 2.12. The molecule has 2 N–H and O–H groups in total. The van der Waals surface area contributed by atoms with Crippen molar-refractivity contribution in [3.8, 4) is 0 Å². The number of hydrogen-bond donors (Lipinski definition) is 1. The molecule has 1 saturated heterocycles. The van der Waals surface area contributed by atoms with Crippen molar-refractivity contribution < 1.29 is 9.53 Å². The van der Waals surface area contributed by atoms with Crippen LogP contribution in [0.2, 0.25) is 0 Å². The molecule has 15 heavy (non-hydrogen) atoms. The number of carbonyl (C=O) groups is 1. The smallest absolute Gasteiger partial charge is 0.414 e. The molecule has 80 valence electrons. The second-order valence-electron chi connectivity index (χ2n) is 3.33. The molecule has 4 nitrogen and oxygen atoms in total. The molecular formula is C10H11BrN2O2. The summed E-state index contributed by atoms with van der Waals surface area (Å²) in [4.78, 5) is 13.1. The monoisotopic (exact) mass is 270 g/mol. The van der Waals surface area contributed by atoms with Crippen LogP contribution >= 0.6 is 15.9 Å². The largest absolute Gasteiger partial charge is 0.449 e. The highest BCUT2D eigenvalue weighted by Gasteiger charge is 2.22. The van der Waals surface area contributed by atoms with Gasteiger partial charge in [0.15, 0.2) is 0 Å². The molecule has 1 aliphatic heterocycles. The summed E-state index contributed by atoms with van der Waals surface area (Å²) in [5, 5.41) is 0. The zero-order valence-electron chi connectivity index (χ0n) is 8.07. The number of halogens is 1. The minimum atomic E-state index is -0.299. The number of carbonyl (C=O) groups excluding carboxylic acids is 1. The van der Waals surface area contributed by atoms with Crippen molar-refractivity contribution in [2.75, 3.05) is 23.8 Å². The van der Waals surface area contributed by atoms with Crippen molar-refractivity contribution in [1.29, 1.82) is 0 Å². The fraction of sp³-hybridized carbons (Fsp3) is 0.300. The molecule has 0 atom stereocenters. The second kappa shape index (κ2) is 4.10. The number of ether oxygens (including phenoxy) is 1. The van der Waals surface area contributed by atoms with Gasteiger partial charge < -0.3 is 10.5 Å². The Balaban J connectivity index is 2.31. The van der Waals surface area contributed by atoms with E-state index in [1.54, 1.807) is 17.0 Å². The average Bonchev–Trinajstić information content (AvgIpc) is 2.20. The van der Waals surface area contributed by atoms with Gasteiger partial charge in [-0.15, -0.1) is 0 Å². The Bertz CT molecular complexity index is 395. The molecule has 1 aromatic rings. The van der Waals surface area contributed by atoms with Crippen molar-refractivity contribution >= 4 is 33.4 Å². The van der Waals surface area contributed by atoms with Crippen LogP contribution in [0.15, 0.2) is 22.7 Å². The fourth-order valence-electron chi connectivity index (χ4n) is 1.51. The molecule has 0 radical (unpaired) electrons. The summed E-state index contributed by atoms with van der Waals surface area (Å²) in [6.45, 7) is 1.18. The van der Waals surface area contributed by atoms with Crippen LogP contribution in [0.4, 0.5) is 16.2 Å². The molecular weight excluding hydrogens is 260 g/mol. The SMILES string of the molecule is Nc1ccc(N2CCCOC2=O)c(Br)c1. The number of anilines is 2. The van der Waals surface area contributed by atoms with Gasteiger partial charge in [0.05, 0.1) is 12.3 Å². The van der Waals surface area contributed by atoms with Gasteiger partial charge in [0.1, 0.15) is 0 Å². The number of benzene rings is 1. The zero-order chi connectivity index (χ0) is 10.8. The zero-order valence-corrected chi connectivity index (χ0v) is 9.66. The van der Waals surface area contributed by atoms with Gasteiger partial charge in [0.2, 0.25) is 0 Å². The van der Waals surface area contributed by atoms with Gasteiger partial charge in [-0.1, -0.05) is 0 Å². The van der Waals surface area contributed by atoms with Gasteiger partial charge in [0.25, 0.3) is 0 Å². The normalized spacial score (nSPS) is 16.3. The van der Waals surface area contributed by atoms with E-state index < -0.39 is 0 Å². The predicted octanol–water partition coefficient (Wildman–Crippen LogP) is 2.38. The first-order valence-corrected chi connectivity index (χ1v) is 5.47. The average molecular weight is 271 g/mol. The number of cyclic esters (lactones) is 1. The summed E-state index contributed by atoms with van der Waals surface area (Å²) in [5.74, 6) is 0. The number of nitrogens with zero attached hydrogens (tertiary/aromatic N) is 1. The number of rotatable bonds is 1. The Kier molecular flexibility index (Phi) is 2.81. The summed E-state index contributed by atoms with van der Waals surface area (Å²) >= 11 is 3.38. The molecule has 2 rings (SSSR count). The minimum absolute atomic E-state index is 0.299. The Morgan fingerprint density at radius 1 is 1.47 bits per heavy atom. The third-order valence-electron chi connectivity index (χ3n) is 2.23. The second-order valence-corrected chi connectivity index (χ2v) is 4.18. The van der Waals surface area contributed by atoms with Crippen LogP contribution in [-0.4, -0.2) is 19.2 Å².